The Morgan fingerprint density at radius 3 is 2.25 bits per heavy atom. The van der Waals surface area contributed by atoms with E-state index in [9.17, 15) is 4.79 Å². The first-order chi connectivity index (χ1) is 5.61. The second-order valence-corrected chi connectivity index (χ2v) is 3.19. The molecule has 1 unspecified atom stereocenters. The normalized spacial score (nSPS) is 12.5. The molecule has 1 rings (SSSR count). The van der Waals surface area contributed by atoms with Crippen LogP contribution in [0.15, 0.2) is 24.3 Å². The predicted octanol–water partition coefficient (Wildman–Crippen LogP) is 1.17. The molecule has 1 amide bonds. The first-order valence-electron chi connectivity index (χ1n) is 3.33. The Hall–Kier alpha value is -0.870. The van der Waals surface area contributed by atoms with Crippen molar-refractivity contribution in [1.29, 1.82) is 0 Å². The van der Waals surface area contributed by atoms with Gasteiger partial charge in [-0.15, -0.1) is 0 Å². The second-order valence-electron chi connectivity index (χ2n) is 2.32. The Morgan fingerprint density at radius 2 is 1.92 bits per heavy atom. The van der Waals surface area contributed by atoms with E-state index in [2.05, 4.69) is 15.9 Å². The summed E-state index contributed by atoms with van der Waals surface area (Å²) in [5.74, 6) is -0.467. The highest BCUT2D eigenvalue weighted by Crippen LogP contribution is 2.18. The monoisotopic (exact) mass is 229 g/mol. The van der Waals surface area contributed by atoms with Crippen molar-refractivity contribution in [3.63, 3.8) is 0 Å². The molecule has 0 radical (unpaired) electrons. The molecular weight excluding hydrogens is 222 g/mol. The van der Waals surface area contributed by atoms with Crippen LogP contribution in [-0.2, 0) is 0 Å². The van der Waals surface area contributed by atoms with Crippen LogP contribution < -0.4 is 5.73 Å². The van der Waals surface area contributed by atoms with E-state index >= 15 is 0 Å². The van der Waals surface area contributed by atoms with Gasteiger partial charge in [-0.05, 0) is 17.7 Å². The van der Waals surface area contributed by atoms with Gasteiger partial charge in [0.15, 0.2) is 0 Å². The van der Waals surface area contributed by atoms with Gasteiger partial charge in [-0.1, -0.05) is 28.1 Å². The number of benzene rings is 1. The molecule has 0 saturated heterocycles. The molecule has 4 heteroatoms. The highest BCUT2D eigenvalue weighted by molar-refractivity contribution is 9.09. The summed E-state index contributed by atoms with van der Waals surface area (Å²) in [6.45, 7) is 0. The van der Waals surface area contributed by atoms with Crippen LogP contribution in [0.3, 0.4) is 0 Å². The Balaban J connectivity index is 2.93. The third kappa shape index (κ3) is 2.06. The van der Waals surface area contributed by atoms with E-state index in [1.54, 1.807) is 24.3 Å². The van der Waals surface area contributed by atoms with Crippen molar-refractivity contribution in [3.05, 3.63) is 35.4 Å². The lowest BCUT2D eigenvalue weighted by atomic mass is 10.1. The van der Waals surface area contributed by atoms with E-state index in [1.807, 2.05) is 0 Å². The summed E-state index contributed by atoms with van der Waals surface area (Å²) < 4.78 is 0. The summed E-state index contributed by atoms with van der Waals surface area (Å²) in [4.78, 5) is 10.6. The van der Waals surface area contributed by atoms with Crippen molar-refractivity contribution in [2.24, 2.45) is 5.73 Å². The van der Waals surface area contributed by atoms with Crippen LogP contribution in [0.4, 0.5) is 0 Å². The average Bonchev–Trinajstić information content (AvgIpc) is 2.04. The van der Waals surface area contributed by atoms with Crippen LogP contribution in [0.2, 0.25) is 0 Å². The highest BCUT2D eigenvalue weighted by atomic mass is 79.9. The minimum absolute atomic E-state index is 0.437. The fraction of sp³-hybridized carbons (Fsp3) is 0.125. The van der Waals surface area contributed by atoms with Crippen LogP contribution in [0.5, 0.6) is 0 Å². The van der Waals surface area contributed by atoms with E-state index in [0.717, 1.165) is 0 Å². The molecule has 3 nitrogen and oxygen atoms in total. The standard InChI is InChI=1S/C8H8BrNO2/c9-7(11)5-1-3-6(4-2-5)8(10)12/h1-4,7,11H,(H2,10,12). The maximum Gasteiger partial charge on any atom is 0.248 e. The summed E-state index contributed by atoms with van der Waals surface area (Å²) in [5, 5.41) is 8.36. The summed E-state index contributed by atoms with van der Waals surface area (Å²) in [6.07, 6.45) is 0. The molecule has 0 spiro atoms. The number of rotatable bonds is 2. The molecule has 3 N–H and O–H groups in total. The molecule has 0 aromatic heterocycles. The van der Waals surface area contributed by atoms with E-state index in [-0.39, 0.29) is 0 Å². The quantitative estimate of drug-likeness (QED) is 0.749. The number of carbonyl (C=O) groups excluding carboxylic acids is 1. The number of alkyl halides is 1. The molecule has 0 bridgehead atoms. The van der Waals surface area contributed by atoms with Gasteiger partial charge in [0.25, 0.3) is 0 Å². The second kappa shape index (κ2) is 3.69. The molecule has 64 valence electrons. The zero-order valence-corrected chi connectivity index (χ0v) is 7.78. The maximum absolute atomic E-state index is 10.6. The number of amides is 1. The average molecular weight is 230 g/mol. The zero-order chi connectivity index (χ0) is 9.14. The first-order valence-corrected chi connectivity index (χ1v) is 4.24. The third-order valence-corrected chi connectivity index (χ3v) is 2.00. The van der Waals surface area contributed by atoms with Gasteiger partial charge in [0.2, 0.25) is 5.91 Å². The molecule has 0 aliphatic rings. The number of hydrogen-bond acceptors (Lipinski definition) is 2. The highest BCUT2D eigenvalue weighted by Gasteiger charge is 2.03. The van der Waals surface area contributed by atoms with Gasteiger partial charge in [-0.3, -0.25) is 4.79 Å². The van der Waals surface area contributed by atoms with E-state index in [1.165, 1.54) is 0 Å². The predicted molar refractivity (Wildman–Crippen MR) is 48.8 cm³/mol. The summed E-state index contributed by atoms with van der Waals surface area (Å²) >= 11 is 2.98. The van der Waals surface area contributed by atoms with E-state index in [4.69, 9.17) is 10.8 Å². The number of primary amides is 1. The maximum atomic E-state index is 10.6. The van der Waals surface area contributed by atoms with Crippen LogP contribution in [0, 0.1) is 0 Å². The molecule has 1 aromatic carbocycles. The first kappa shape index (κ1) is 9.22. The molecule has 1 aromatic rings. The number of aliphatic hydroxyl groups excluding tert-OH is 1. The minimum atomic E-state index is -0.695. The Kier molecular flexibility index (Phi) is 2.83. The Labute approximate surface area is 78.3 Å². The van der Waals surface area contributed by atoms with Crippen LogP contribution >= 0.6 is 15.9 Å². The summed E-state index contributed by atoms with van der Waals surface area (Å²) in [6, 6.07) is 6.42. The fourth-order valence-corrected chi connectivity index (χ4v) is 1.11. The zero-order valence-electron chi connectivity index (χ0n) is 6.20. The van der Waals surface area contributed by atoms with Gasteiger partial charge in [-0.25, -0.2) is 0 Å². The van der Waals surface area contributed by atoms with Crippen LogP contribution in [0.25, 0.3) is 0 Å². The number of halogens is 1. The van der Waals surface area contributed by atoms with E-state index in [0.29, 0.717) is 11.1 Å². The summed E-state index contributed by atoms with van der Waals surface area (Å²) in [7, 11) is 0. The largest absolute Gasteiger partial charge is 0.377 e. The lowest BCUT2D eigenvalue weighted by molar-refractivity contribution is 0.1000. The van der Waals surface area contributed by atoms with Crippen molar-refractivity contribution in [3.8, 4) is 0 Å². The van der Waals surface area contributed by atoms with E-state index < -0.39 is 10.9 Å². The number of hydrogen-bond donors (Lipinski definition) is 2. The van der Waals surface area contributed by atoms with Crippen molar-refractivity contribution in [1.82, 2.24) is 0 Å². The molecule has 0 fully saturated rings. The SMILES string of the molecule is NC(=O)c1ccc(C(O)Br)cc1. The van der Waals surface area contributed by atoms with Crippen LogP contribution in [-0.4, -0.2) is 11.0 Å². The van der Waals surface area contributed by atoms with Crippen molar-refractivity contribution < 1.29 is 9.90 Å². The number of aliphatic hydroxyl groups is 1. The molecule has 0 saturated carbocycles. The molecular formula is C8H8BrNO2. The lowest BCUT2D eigenvalue weighted by Crippen LogP contribution is -2.10. The molecule has 0 aliphatic carbocycles. The fourth-order valence-electron chi connectivity index (χ4n) is 0.806. The van der Waals surface area contributed by atoms with Gasteiger partial charge in [0, 0.05) is 5.56 Å². The van der Waals surface area contributed by atoms with Crippen LogP contribution in [0.1, 0.15) is 20.9 Å². The molecule has 1 atom stereocenters. The Morgan fingerprint density at radius 1 is 1.42 bits per heavy atom. The van der Waals surface area contributed by atoms with Gasteiger partial charge >= 0.3 is 0 Å². The van der Waals surface area contributed by atoms with Gasteiger partial charge < -0.3 is 10.8 Å². The lowest BCUT2D eigenvalue weighted by Gasteiger charge is -2.02. The molecule has 0 aliphatic heterocycles. The minimum Gasteiger partial charge on any atom is -0.377 e. The van der Waals surface area contributed by atoms with Crippen molar-refractivity contribution in [2.75, 3.05) is 0 Å². The van der Waals surface area contributed by atoms with Gasteiger partial charge in [0.1, 0.15) is 5.01 Å². The molecule has 12 heavy (non-hydrogen) atoms. The van der Waals surface area contributed by atoms with Crippen molar-refractivity contribution in [2.45, 2.75) is 5.01 Å². The van der Waals surface area contributed by atoms with Gasteiger partial charge in [0.05, 0.1) is 0 Å². The third-order valence-electron chi connectivity index (χ3n) is 1.47. The summed E-state index contributed by atoms with van der Waals surface area (Å²) in [5.41, 5.74) is 6.16. The number of nitrogens with two attached hydrogens (primary N) is 1. The smallest absolute Gasteiger partial charge is 0.248 e. The Bertz CT molecular complexity index is 282. The van der Waals surface area contributed by atoms with Gasteiger partial charge in [-0.2, -0.15) is 0 Å². The van der Waals surface area contributed by atoms with Crippen molar-refractivity contribution >= 4 is 21.8 Å². The topological polar surface area (TPSA) is 63.3 Å². The number of carbonyl (C=O) groups is 1. The molecule has 0 heterocycles.